The molecule has 1 N–H and O–H groups in total. The van der Waals surface area contributed by atoms with Crippen molar-refractivity contribution < 1.29 is 43.1 Å². The number of carbonyl (C=O) groups is 1. The molecular formula is C28H56O9. The molecule has 0 saturated carbocycles. The van der Waals surface area contributed by atoms with Crippen LogP contribution in [0.3, 0.4) is 0 Å². The molecule has 37 heavy (non-hydrogen) atoms. The highest BCUT2D eigenvalue weighted by molar-refractivity contribution is 5.69. The summed E-state index contributed by atoms with van der Waals surface area (Å²) >= 11 is 0. The Balaban J connectivity index is 3.12. The Labute approximate surface area is 225 Å². The van der Waals surface area contributed by atoms with Gasteiger partial charge in [-0.2, -0.15) is 0 Å². The van der Waals surface area contributed by atoms with Crippen molar-refractivity contribution in [2.45, 2.75) is 84.0 Å². The molecule has 9 heteroatoms. The molecule has 0 aliphatic heterocycles. The van der Waals surface area contributed by atoms with Crippen molar-refractivity contribution in [1.29, 1.82) is 0 Å². The minimum Gasteiger partial charge on any atom is -0.463 e. The second kappa shape index (κ2) is 33.2. The summed E-state index contributed by atoms with van der Waals surface area (Å²) in [5.74, 6) is -0.131. The van der Waals surface area contributed by atoms with Crippen LogP contribution in [-0.2, 0) is 38.0 Å². The first-order chi connectivity index (χ1) is 18.3. The van der Waals surface area contributed by atoms with Crippen molar-refractivity contribution in [1.82, 2.24) is 0 Å². The fourth-order valence-corrected chi connectivity index (χ4v) is 3.49. The number of aliphatic hydroxyl groups is 1. The molecule has 0 amide bonds. The Morgan fingerprint density at radius 3 is 1.16 bits per heavy atom. The largest absolute Gasteiger partial charge is 0.463 e. The van der Waals surface area contributed by atoms with Crippen molar-refractivity contribution in [2.75, 3.05) is 92.5 Å². The summed E-state index contributed by atoms with van der Waals surface area (Å²) in [6.45, 7) is 8.22. The maximum absolute atomic E-state index is 11.8. The van der Waals surface area contributed by atoms with Gasteiger partial charge in [-0.05, 0) is 6.42 Å². The van der Waals surface area contributed by atoms with Crippen molar-refractivity contribution >= 4 is 5.97 Å². The minimum absolute atomic E-state index is 0.0279. The monoisotopic (exact) mass is 536 g/mol. The molecule has 0 aliphatic carbocycles. The lowest BCUT2D eigenvalue weighted by molar-refractivity contribution is -0.145. The van der Waals surface area contributed by atoms with Crippen molar-refractivity contribution in [3.05, 3.63) is 0 Å². The van der Waals surface area contributed by atoms with Crippen LogP contribution in [0.2, 0.25) is 0 Å². The molecule has 0 radical (unpaired) electrons. The van der Waals surface area contributed by atoms with Crippen LogP contribution >= 0.6 is 0 Å². The maximum atomic E-state index is 11.8. The zero-order valence-electron chi connectivity index (χ0n) is 23.6. The van der Waals surface area contributed by atoms with E-state index in [0.29, 0.717) is 92.3 Å². The van der Waals surface area contributed by atoms with E-state index in [1.807, 2.05) is 0 Å². The number of rotatable bonds is 32. The van der Waals surface area contributed by atoms with E-state index < -0.39 is 0 Å². The molecule has 0 bridgehead atoms. The van der Waals surface area contributed by atoms with Gasteiger partial charge in [0.2, 0.25) is 0 Å². The van der Waals surface area contributed by atoms with Gasteiger partial charge < -0.3 is 38.3 Å². The van der Waals surface area contributed by atoms with E-state index in [9.17, 15) is 4.79 Å². The second-order valence-corrected chi connectivity index (χ2v) is 8.90. The van der Waals surface area contributed by atoms with E-state index in [0.717, 1.165) is 12.8 Å². The van der Waals surface area contributed by atoms with Gasteiger partial charge in [-0.3, -0.25) is 4.79 Å². The number of hydrogen-bond acceptors (Lipinski definition) is 9. The Hall–Kier alpha value is -0.810. The van der Waals surface area contributed by atoms with Crippen LogP contribution in [0.4, 0.5) is 0 Å². The highest BCUT2D eigenvalue weighted by Gasteiger charge is 2.02. The summed E-state index contributed by atoms with van der Waals surface area (Å²) in [7, 11) is 0. The predicted octanol–water partition coefficient (Wildman–Crippen LogP) is 4.32. The molecule has 0 rings (SSSR count). The van der Waals surface area contributed by atoms with Crippen molar-refractivity contribution in [3.8, 4) is 0 Å². The smallest absolute Gasteiger partial charge is 0.305 e. The highest BCUT2D eigenvalue weighted by Crippen LogP contribution is 2.12. The Kier molecular flexibility index (Phi) is 32.5. The number of esters is 1. The van der Waals surface area contributed by atoms with Gasteiger partial charge in [0.05, 0.1) is 85.9 Å². The van der Waals surface area contributed by atoms with E-state index in [1.54, 1.807) is 0 Å². The Morgan fingerprint density at radius 2 is 0.784 bits per heavy atom. The summed E-state index contributed by atoms with van der Waals surface area (Å²) < 4.78 is 37.3. The molecule has 0 aromatic carbocycles. The molecule has 222 valence electrons. The zero-order chi connectivity index (χ0) is 26.9. The first-order valence-corrected chi connectivity index (χ1v) is 14.5. The summed E-state index contributed by atoms with van der Waals surface area (Å²) in [5, 5.41) is 8.56. The number of ether oxygens (including phenoxy) is 7. The predicted molar refractivity (Wildman–Crippen MR) is 144 cm³/mol. The van der Waals surface area contributed by atoms with Gasteiger partial charge in [0.25, 0.3) is 0 Å². The lowest BCUT2D eigenvalue weighted by Gasteiger charge is -2.08. The average molecular weight is 537 g/mol. The van der Waals surface area contributed by atoms with Crippen LogP contribution in [0, 0.1) is 0 Å². The summed E-state index contributed by atoms with van der Waals surface area (Å²) in [4.78, 5) is 11.8. The first kappa shape index (κ1) is 36.2. The molecule has 0 heterocycles. The third-order valence-corrected chi connectivity index (χ3v) is 5.57. The number of aliphatic hydroxyl groups excluding tert-OH is 1. The van der Waals surface area contributed by atoms with Gasteiger partial charge in [-0.1, -0.05) is 71.1 Å². The third kappa shape index (κ3) is 33.2. The number of unbranched alkanes of at least 4 members (excludes halogenated alkanes) is 10. The van der Waals surface area contributed by atoms with Crippen LogP contribution in [0.1, 0.15) is 84.0 Å². The number of hydrogen-bond donors (Lipinski definition) is 1. The molecule has 0 aromatic rings. The van der Waals surface area contributed by atoms with Gasteiger partial charge in [-0.15, -0.1) is 0 Å². The molecule has 0 spiro atoms. The molecule has 0 unspecified atom stereocenters. The fraction of sp³-hybridized carbons (Fsp3) is 0.964. The topological polar surface area (TPSA) is 102 Å². The molecule has 0 saturated heterocycles. The van der Waals surface area contributed by atoms with Crippen LogP contribution in [0.5, 0.6) is 0 Å². The highest BCUT2D eigenvalue weighted by atomic mass is 16.6. The van der Waals surface area contributed by atoms with Gasteiger partial charge in [0.15, 0.2) is 0 Å². The molecule has 0 fully saturated rings. The minimum atomic E-state index is -0.131. The quantitative estimate of drug-likeness (QED) is 0.0994. The molecule has 0 aliphatic rings. The summed E-state index contributed by atoms with van der Waals surface area (Å²) in [6, 6.07) is 0. The second-order valence-electron chi connectivity index (χ2n) is 8.90. The van der Waals surface area contributed by atoms with Gasteiger partial charge in [0.1, 0.15) is 6.61 Å². The normalized spacial score (nSPS) is 11.3. The molecule has 9 nitrogen and oxygen atoms in total. The number of carbonyl (C=O) groups excluding carboxylic acids is 1. The average Bonchev–Trinajstić information content (AvgIpc) is 2.90. The van der Waals surface area contributed by atoms with Crippen molar-refractivity contribution in [2.24, 2.45) is 0 Å². The Bertz CT molecular complexity index is 438. The van der Waals surface area contributed by atoms with Gasteiger partial charge >= 0.3 is 5.97 Å². The third-order valence-electron chi connectivity index (χ3n) is 5.57. The van der Waals surface area contributed by atoms with Crippen LogP contribution in [0.25, 0.3) is 0 Å². The van der Waals surface area contributed by atoms with Crippen LogP contribution < -0.4 is 0 Å². The van der Waals surface area contributed by atoms with E-state index in [2.05, 4.69) is 6.92 Å². The lowest BCUT2D eigenvalue weighted by Crippen LogP contribution is -2.15. The summed E-state index contributed by atoms with van der Waals surface area (Å²) in [6.07, 6.45) is 14.5. The van der Waals surface area contributed by atoms with Crippen molar-refractivity contribution in [3.63, 3.8) is 0 Å². The standard InChI is InChI=1S/C28H56O9/c1-2-3-4-5-6-7-8-9-10-11-12-13-28(30)37-27-26-36-25-24-35-23-22-34-21-20-33-19-18-32-17-16-31-15-14-29/h29H,2-27H2,1H3. The molecular weight excluding hydrogens is 480 g/mol. The van der Waals surface area contributed by atoms with Crippen LogP contribution in [-0.4, -0.2) is 104 Å². The first-order valence-electron chi connectivity index (χ1n) is 14.5. The molecule has 0 aromatic heterocycles. The summed E-state index contributed by atoms with van der Waals surface area (Å²) in [5.41, 5.74) is 0. The van der Waals surface area contributed by atoms with E-state index in [-0.39, 0.29) is 12.6 Å². The maximum Gasteiger partial charge on any atom is 0.305 e. The SMILES string of the molecule is CCCCCCCCCCCCCC(=O)OCCOCCOCCOCCOCCOCCOCCO. The van der Waals surface area contributed by atoms with E-state index in [1.165, 1.54) is 57.8 Å². The van der Waals surface area contributed by atoms with E-state index in [4.69, 9.17) is 38.3 Å². The lowest BCUT2D eigenvalue weighted by atomic mass is 10.1. The molecule has 0 atom stereocenters. The zero-order valence-corrected chi connectivity index (χ0v) is 23.6. The van der Waals surface area contributed by atoms with Gasteiger partial charge in [0, 0.05) is 6.42 Å². The van der Waals surface area contributed by atoms with Gasteiger partial charge in [-0.25, -0.2) is 0 Å². The fourth-order valence-electron chi connectivity index (χ4n) is 3.49. The Morgan fingerprint density at radius 1 is 0.459 bits per heavy atom. The van der Waals surface area contributed by atoms with Crippen LogP contribution in [0.15, 0.2) is 0 Å². The van der Waals surface area contributed by atoms with E-state index >= 15 is 0 Å².